The lowest BCUT2D eigenvalue weighted by atomic mass is 9.88. The highest BCUT2D eigenvalue weighted by molar-refractivity contribution is 7.16. The molecule has 0 spiro atoms. The summed E-state index contributed by atoms with van der Waals surface area (Å²) in [6, 6.07) is 4.42. The lowest BCUT2D eigenvalue weighted by Gasteiger charge is -2.36. The Bertz CT molecular complexity index is 765. The molecule has 1 aliphatic heterocycles. The summed E-state index contributed by atoms with van der Waals surface area (Å²) in [4.78, 5) is 20.4. The molecule has 1 N–H and O–H groups in total. The first kappa shape index (κ1) is 17.7. The molecule has 2 aromatic rings. The van der Waals surface area contributed by atoms with Crippen LogP contribution in [0, 0.1) is 0 Å². The summed E-state index contributed by atoms with van der Waals surface area (Å²) >= 11 is 1.80. The summed E-state index contributed by atoms with van der Waals surface area (Å²) < 4.78 is 0. The third-order valence-electron chi connectivity index (χ3n) is 5.53. The Labute approximate surface area is 159 Å². The van der Waals surface area contributed by atoms with Crippen molar-refractivity contribution in [1.82, 2.24) is 9.88 Å². The number of aryl methyl sites for hydroxylation is 1. The zero-order chi connectivity index (χ0) is 17.9. The number of aromatic nitrogens is 1. The van der Waals surface area contributed by atoms with E-state index in [0.717, 1.165) is 30.9 Å². The number of rotatable bonds is 4. The van der Waals surface area contributed by atoms with Crippen LogP contribution in [0.25, 0.3) is 0 Å². The van der Waals surface area contributed by atoms with Crippen molar-refractivity contribution in [3.05, 3.63) is 46.1 Å². The molecule has 0 radical (unpaired) electrons. The highest BCUT2D eigenvalue weighted by Crippen LogP contribution is 2.45. The van der Waals surface area contributed by atoms with Crippen LogP contribution in [0.3, 0.4) is 0 Å². The van der Waals surface area contributed by atoms with Crippen molar-refractivity contribution < 1.29 is 4.79 Å². The van der Waals surface area contributed by atoms with Crippen molar-refractivity contribution >= 4 is 22.2 Å². The molecule has 1 fully saturated rings. The molecule has 138 valence electrons. The van der Waals surface area contributed by atoms with Gasteiger partial charge in [0.1, 0.15) is 5.00 Å². The van der Waals surface area contributed by atoms with Crippen LogP contribution in [0.5, 0.6) is 0 Å². The number of hydrogen-bond donors (Lipinski definition) is 1. The Morgan fingerprint density at radius 1 is 1.19 bits per heavy atom. The van der Waals surface area contributed by atoms with Gasteiger partial charge in [-0.25, -0.2) is 0 Å². The van der Waals surface area contributed by atoms with Crippen LogP contribution in [0.15, 0.2) is 24.5 Å². The number of hydrogen-bond acceptors (Lipinski definition) is 4. The van der Waals surface area contributed by atoms with Gasteiger partial charge in [-0.05, 0) is 68.8 Å². The lowest BCUT2D eigenvalue weighted by molar-refractivity contribution is -0.114. The Morgan fingerprint density at radius 3 is 2.73 bits per heavy atom. The summed E-state index contributed by atoms with van der Waals surface area (Å²) in [5.74, 6) is 0.0217. The summed E-state index contributed by atoms with van der Waals surface area (Å²) in [5, 5.41) is 4.21. The molecule has 1 saturated heterocycles. The van der Waals surface area contributed by atoms with Gasteiger partial charge < -0.3 is 5.32 Å². The summed E-state index contributed by atoms with van der Waals surface area (Å²) in [6.07, 6.45) is 12.4. The van der Waals surface area contributed by atoms with Crippen molar-refractivity contribution in [1.29, 1.82) is 0 Å². The molecule has 1 amide bonds. The quantitative estimate of drug-likeness (QED) is 0.859. The second-order valence-corrected chi connectivity index (χ2v) is 8.53. The fraction of sp³-hybridized carbons (Fsp3) is 0.524. The summed E-state index contributed by atoms with van der Waals surface area (Å²) in [7, 11) is 0. The number of likely N-dealkylation sites (tertiary alicyclic amines) is 1. The van der Waals surface area contributed by atoms with Gasteiger partial charge in [0.2, 0.25) is 5.91 Å². The van der Waals surface area contributed by atoms with Crippen molar-refractivity contribution in [2.45, 2.75) is 57.9 Å². The van der Waals surface area contributed by atoms with Gasteiger partial charge in [-0.2, -0.15) is 0 Å². The average molecular weight is 370 g/mol. The van der Waals surface area contributed by atoms with Crippen molar-refractivity contribution in [2.24, 2.45) is 0 Å². The molecule has 1 atom stereocenters. The van der Waals surface area contributed by atoms with Crippen LogP contribution in [-0.4, -0.2) is 28.9 Å². The number of carbonyl (C=O) groups is 1. The lowest BCUT2D eigenvalue weighted by Crippen LogP contribution is -2.35. The number of anilines is 1. The minimum absolute atomic E-state index is 0.0217. The van der Waals surface area contributed by atoms with E-state index in [0.29, 0.717) is 0 Å². The van der Waals surface area contributed by atoms with Crippen molar-refractivity contribution in [2.75, 3.05) is 18.4 Å². The summed E-state index contributed by atoms with van der Waals surface area (Å²) in [5.41, 5.74) is 4.08. The highest BCUT2D eigenvalue weighted by atomic mass is 32.1. The zero-order valence-electron chi connectivity index (χ0n) is 15.5. The first-order valence-electron chi connectivity index (χ1n) is 9.80. The largest absolute Gasteiger partial charge is 0.318 e. The second-order valence-electron chi connectivity index (χ2n) is 7.42. The van der Waals surface area contributed by atoms with E-state index in [1.807, 2.05) is 18.5 Å². The highest BCUT2D eigenvalue weighted by Gasteiger charge is 2.32. The molecular formula is C21H27N3OS. The number of thiophene rings is 1. The molecule has 4 nitrogen and oxygen atoms in total. The molecule has 1 aliphatic carbocycles. The minimum Gasteiger partial charge on any atom is -0.318 e. The van der Waals surface area contributed by atoms with Gasteiger partial charge in [-0.15, -0.1) is 11.3 Å². The van der Waals surface area contributed by atoms with Gasteiger partial charge >= 0.3 is 0 Å². The maximum Gasteiger partial charge on any atom is 0.221 e. The molecule has 26 heavy (non-hydrogen) atoms. The predicted octanol–water partition coefficient (Wildman–Crippen LogP) is 4.56. The first-order valence-corrected chi connectivity index (χ1v) is 10.6. The number of carbonyl (C=O) groups excluding carboxylic acids is 1. The van der Waals surface area contributed by atoms with Crippen LogP contribution in [0.4, 0.5) is 5.00 Å². The predicted molar refractivity (Wildman–Crippen MR) is 107 cm³/mol. The second kappa shape index (κ2) is 7.89. The number of piperidine rings is 1. The smallest absolute Gasteiger partial charge is 0.221 e. The molecule has 1 unspecified atom stereocenters. The van der Waals surface area contributed by atoms with E-state index < -0.39 is 0 Å². The fourth-order valence-corrected chi connectivity index (χ4v) is 5.77. The van der Waals surface area contributed by atoms with E-state index in [4.69, 9.17) is 0 Å². The third kappa shape index (κ3) is 3.55. The van der Waals surface area contributed by atoms with Crippen LogP contribution >= 0.6 is 11.3 Å². The Morgan fingerprint density at radius 2 is 2.00 bits per heavy atom. The normalized spacial score (nSPS) is 19.0. The number of fused-ring (bicyclic) bond motifs is 1. The van der Waals surface area contributed by atoms with Crippen LogP contribution in [-0.2, 0) is 17.6 Å². The molecule has 0 aromatic carbocycles. The van der Waals surface area contributed by atoms with E-state index in [2.05, 4.69) is 21.3 Å². The number of nitrogens with zero attached hydrogens (tertiary/aromatic N) is 2. The number of amides is 1. The first-order chi connectivity index (χ1) is 12.7. The minimum atomic E-state index is 0.0217. The van der Waals surface area contributed by atoms with Crippen molar-refractivity contribution in [3.63, 3.8) is 0 Å². The SMILES string of the molecule is CC(=O)Nc1sc2c(c1C(c1cccnc1)N1CCCCC1)CCCC2. The summed E-state index contributed by atoms with van der Waals surface area (Å²) in [6.45, 7) is 3.84. The number of pyridine rings is 1. The molecular weight excluding hydrogens is 342 g/mol. The van der Waals surface area contributed by atoms with E-state index in [9.17, 15) is 4.79 Å². The topological polar surface area (TPSA) is 45.2 Å². The maximum absolute atomic E-state index is 11.9. The Hall–Kier alpha value is -1.72. The molecule has 5 heteroatoms. The molecule has 4 rings (SSSR count). The third-order valence-corrected chi connectivity index (χ3v) is 6.75. The van der Waals surface area contributed by atoms with Gasteiger partial charge in [0.25, 0.3) is 0 Å². The molecule has 0 bridgehead atoms. The van der Waals surface area contributed by atoms with Crippen LogP contribution in [0.2, 0.25) is 0 Å². The molecule has 0 saturated carbocycles. The average Bonchev–Trinajstić information content (AvgIpc) is 3.01. The fourth-order valence-electron chi connectivity index (χ4n) is 4.41. The molecule has 2 aliphatic rings. The Kier molecular flexibility index (Phi) is 5.36. The van der Waals surface area contributed by atoms with Crippen LogP contribution in [0.1, 0.15) is 66.6 Å². The van der Waals surface area contributed by atoms with Crippen LogP contribution < -0.4 is 5.32 Å². The van der Waals surface area contributed by atoms with E-state index in [-0.39, 0.29) is 11.9 Å². The van der Waals surface area contributed by atoms with E-state index in [1.54, 1.807) is 18.3 Å². The van der Waals surface area contributed by atoms with Gasteiger partial charge in [0.05, 0.1) is 6.04 Å². The van der Waals surface area contributed by atoms with Gasteiger partial charge in [0, 0.05) is 29.8 Å². The Balaban J connectivity index is 1.84. The van der Waals surface area contributed by atoms with E-state index in [1.165, 1.54) is 53.7 Å². The van der Waals surface area contributed by atoms with E-state index >= 15 is 0 Å². The maximum atomic E-state index is 11.9. The van der Waals surface area contributed by atoms with Gasteiger partial charge in [-0.1, -0.05) is 12.5 Å². The van der Waals surface area contributed by atoms with Gasteiger partial charge in [-0.3, -0.25) is 14.7 Å². The standard InChI is InChI=1S/C21H27N3OS/c1-15(25)23-21-19(17-9-3-4-10-18(17)26-21)20(16-8-7-11-22-14-16)24-12-5-2-6-13-24/h7-8,11,14,20H,2-6,9-10,12-13H2,1H3,(H,23,25). The zero-order valence-corrected chi connectivity index (χ0v) is 16.3. The van der Waals surface area contributed by atoms with Gasteiger partial charge in [0.15, 0.2) is 0 Å². The van der Waals surface area contributed by atoms with Crippen molar-refractivity contribution in [3.8, 4) is 0 Å². The number of nitrogens with one attached hydrogen (secondary N) is 1. The molecule has 3 heterocycles. The molecule has 2 aromatic heterocycles. The monoisotopic (exact) mass is 369 g/mol.